The molecule has 0 aliphatic carbocycles. The molecule has 2 atom stereocenters. The van der Waals surface area contributed by atoms with Gasteiger partial charge in [0, 0.05) is 24.5 Å². The van der Waals surface area contributed by atoms with Gasteiger partial charge in [-0.1, -0.05) is 6.07 Å². The lowest BCUT2D eigenvalue weighted by atomic mass is 9.99. The second kappa shape index (κ2) is 7.10. The zero-order chi connectivity index (χ0) is 15.7. The van der Waals surface area contributed by atoms with Gasteiger partial charge in [0.05, 0.1) is 0 Å². The molecule has 3 rings (SSSR count). The van der Waals surface area contributed by atoms with Gasteiger partial charge in [-0.25, -0.2) is 4.98 Å². The van der Waals surface area contributed by atoms with Crippen molar-refractivity contribution in [2.45, 2.75) is 38.8 Å². The highest BCUT2D eigenvalue weighted by Gasteiger charge is 2.24. The van der Waals surface area contributed by atoms with Crippen LogP contribution in [0, 0.1) is 6.92 Å². The third-order valence-corrected chi connectivity index (χ3v) is 4.17. The molecule has 1 aliphatic heterocycles. The molecular formula is C16H21ClN4O2. The number of piperidine rings is 1. The fourth-order valence-corrected chi connectivity index (χ4v) is 2.83. The van der Waals surface area contributed by atoms with Crippen LogP contribution in [0.2, 0.25) is 0 Å². The van der Waals surface area contributed by atoms with Crippen molar-refractivity contribution < 1.29 is 4.79 Å². The van der Waals surface area contributed by atoms with E-state index in [9.17, 15) is 9.59 Å². The van der Waals surface area contributed by atoms with E-state index in [1.54, 1.807) is 12.3 Å². The van der Waals surface area contributed by atoms with Crippen LogP contribution in [0.5, 0.6) is 0 Å². The number of hydrogen-bond acceptors (Lipinski definition) is 4. The van der Waals surface area contributed by atoms with Gasteiger partial charge < -0.3 is 10.6 Å². The average Bonchev–Trinajstić information content (AvgIpc) is 2.50. The zero-order valence-electron chi connectivity index (χ0n) is 13.2. The van der Waals surface area contributed by atoms with Gasteiger partial charge in [0.2, 0.25) is 0 Å². The van der Waals surface area contributed by atoms with Crippen LogP contribution in [0.15, 0.2) is 29.3 Å². The molecule has 0 radical (unpaired) electrons. The summed E-state index contributed by atoms with van der Waals surface area (Å²) in [5.41, 5.74) is 1.24. The molecule has 3 heterocycles. The van der Waals surface area contributed by atoms with Crippen LogP contribution >= 0.6 is 12.4 Å². The maximum atomic E-state index is 12.5. The monoisotopic (exact) mass is 336 g/mol. The summed E-state index contributed by atoms with van der Waals surface area (Å²) >= 11 is 0. The first-order valence-electron chi connectivity index (χ1n) is 7.58. The molecule has 2 unspecified atom stereocenters. The van der Waals surface area contributed by atoms with E-state index in [1.807, 2.05) is 19.9 Å². The minimum absolute atomic E-state index is 0. The Hall–Kier alpha value is -1.92. The van der Waals surface area contributed by atoms with Crippen molar-refractivity contribution in [1.29, 1.82) is 0 Å². The molecule has 1 fully saturated rings. The molecule has 1 aliphatic rings. The van der Waals surface area contributed by atoms with Gasteiger partial charge in [-0.3, -0.25) is 14.0 Å². The lowest BCUT2D eigenvalue weighted by Crippen LogP contribution is -2.52. The Morgan fingerprint density at radius 2 is 2.22 bits per heavy atom. The molecule has 2 aromatic rings. The van der Waals surface area contributed by atoms with E-state index in [4.69, 9.17) is 0 Å². The summed E-state index contributed by atoms with van der Waals surface area (Å²) < 4.78 is 1.42. The molecule has 7 heteroatoms. The molecule has 0 saturated carbocycles. The highest BCUT2D eigenvalue weighted by atomic mass is 35.5. The van der Waals surface area contributed by atoms with E-state index in [0.717, 1.165) is 24.9 Å². The molecule has 0 aromatic carbocycles. The van der Waals surface area contributed by atoms with Gasteiger partial charge in [-0.15, -0.1) is 12.4 Å². The summed E-state index contributed by atoms with van der Waals surface area (Å²) in [6, 6.07) is 3.90. The van der Waals surface area contributed by atoms with Crippen molar-refractivity contribution >= 4 is 24.0 Å². The third-order valence-electron chi connectivity index (χ3n) is 4.17. The van der Waals surface area contributed by atoms with E-state index < -0.39 is 0 Å². The normalized spacial score (nSPS) is 20.8. The SMILES string of the molecule is Cc1ccc2ncc(C(=O)NC3CCCNC3C)c(=O)n2c1.Cl. The summed E-state index contributed by atoms with van der Waals surface area (Å²) in [7, 11) is 0. The molecule has 23 heavy (non-hydrogen) atoms. The molecule has 0 spiro atoms. The zero-order valence-corrected chi connectivity index (χ0v) is 14.0. The first-order chi connectivity index (χ1) is 10.6. The van der Waals surface area contributed by atoms with Crippen LogP contribution in [0.4, 0.5) is 0 Å². The molecule has 2 N–H and O–H groups in total. The second-order valence-corrected chi connectivity index (χ2v) is 5.88. The van der Waals surface area contributed by atoms with Gasteiger partial charge in [0.15, 0.2) is 0 Å². The number of carbonyl (C=O) groups excluding carboxylic acids is 1. The number of pyridine rings is 1. The van der Waals surface area contributed by atoms with E-state index in [1.165, 1.54) is 10.6 Å². The number of hydrogen-bond donors (Lipinski definition) is 2. The lowest BCUT2D eigenvalue weighted by molar-refractivity contribution is 0.0917. The molecule has 124 valence electrons. The van der Waals surface area contributed by atoms with Crippen LogP contribution in [-0.2, 0) is 0 Å². The number of aromatic nitrogens is 2. The number of nitrogens with zero attached hydrogens (tertiary/aromatic N) is 2. The minimum atomic E-state index is -0.353. The molecular weight excluding hydrogens is 316 g/mol. The fourth-order valence-electron chi connectivity index (χ4n) is 2.83. The summed E-state index contributed by atoms with van der Waals surface area (Å²) in [6.45, 7) is 4.90. The Balaban J connectivity index is 0.00000192. The van der Waals surface area contributed by atoms with Crippen molar-refractivity contribution in [3.8, 4) is 0 Å². The molecule has 0 bridgehead atoms. The summed E-state index contributed by atoms with van der Waals surface area (Å²) in [6.07, 6.45) is 5.00. The van der Waals surface area contributed by atoms with E-state index in [2.05, 4.69) is 15.6 Å². The molecule has 6 nitrogen and oxygen atoms in total. The molecule has 2 aromatic heterocycles. The van der Waals surface area contributed by atoms with Gasteiger partial charge in [-0.2, -0.15) is 0 Å². The number of aryl methyl sites for hydroxylation is 1. The van der Waals surface area contributed by atoms with Crippen molar-refractivity contribution in [2.75, 3.05) is 6.54 Å². The van der Waals surface area contributed by atoms with Crippen LogP contribution < -0.4 is 16.2 Å². The number of fused-ring (bicyclic) bond motifs is 1. The predicted molar refractivity (Wildman–Crippen MR) is 91.4 cm³/mol. The van der Waals surface area contributed by atoms with Crippen LogP contribution in [-0.4, -0.2) is 33.9 Å². The lowest BCUT2D eigenvalue weighted by Gasteiger charge is -2.30. The molecule has 1 saturated heterocycles. The van der Waals surface area contributed by atoms with Crippen LogP contribution in [0.1, 0.15) is 35.7 Å². The highest BCUT2D eigenvalue weighted by molar-refractivity contribution is 5.94. The number of carbonyl (C=O) groups is 1. The first kappa shape index (κ1) is 17.4. The van der Waals surface area contributed by atoms with Crippen molar-refractivity contribution in [2.24, 2.45) is 0 Å². The summed E-state index contributed by atoms with van der Waals surface area (Å²) in [4.78, 5) is 29.1. The Morgan fingerprint density at radius 3 is 2.96 bits per heavy atom. The third kappa shape index (κ3) is 3.54. The smallest absolute Gasteiger partial charge is 0.270 e. The minimum Gasteiger partial charge on any atom is -0.348 e. The average molecular weight is 337 g/mol. The van der Waals surface area contributed by atoms with Crippen molar-refractivity contribution in [3.63, 3.8) is 0 Å². The predicted octanol–water partition coefficient (Wildman–Crippen LogP) is 1.30. The summed E-state index contributed by atoms with van der Waals surface area (Å²) in [5.74, 6) is -0.353. The van der Waals surface area contributed by atoms with Gasteiger partial charge in [0.1, 0.15) is 11.2 Å². The van der Waals surface area contributed by atoms with Gasteiger partial charge in [-0.05, 0) is 44.9 Å². The topological polar surface area (TPSA) is 75.5 Å². The Bertz CT molecular complexity index is 774. The Morgan fingerprint density at radius 1 is 1.43 bits per heavy atom. The fraction of sp³-hybridized carbons (Fsp3) is 0.438. The number of rotatable bonds is 2. The second-order valence-electron chi connectivity index (χ2n) is 5.88. The number of amides is 1. The van der Waals surface area contributed by atoms with Crippen molar-refractivity contribution in [1.82, 2.24) is 20.0 Å². The van der Waals surface area contributed by atoms with Crippen LogP contribution in [0.25, 0.3) is 5.65 Å². The Labute approximate surface area is 140 Å². The van der Waals surface area contributed by atoms with E-state index >= 15 is 0 Å². The highest BCUT2D eigenvalue weighted by Crippen LogP contribution is 2.09. The number of halogens is 1. The maximum Gasteiger partial charge on any atom is 0.270 e. The van der Waals surface area contributed by atoms with E-state index in [0.29, 0.717) is 5.65 Å². The maximum absolute atomic E-state index is 12.5. The standard InChI is InChI=1S/C16H20N4O2.ClH/c1-10-5-6-14-18-8-12(16(22)20(14)9-10)15(21)19-13-4-3-7-17-11(13)2;/h5-6,8-9,11,13,17H,3-4,7H2,1-2H3,(H,19,21);1H. The Kier molecular flexibility index (Phi) is 5.38. The van der Waals surface area contributed by atoms with Gasteiger partial charge in [0.25, 0.3) is 11.5 Å². The van der Waals surface area contributed by atoms with Crippen LogP contribution in [0.3, 0.4) is 0 Å². The van der Waals surface area contributed by atoms with Crippen molar-refractivity contribution in [3.05, 3.63) is 46.0 Å². The first-order valence-corrected chi connectivity index (χ1v) is 7.58. The number of nitrogens with one attached hydrogen (secondary N) is 2. The largest absolute Gasteiger partial charge is 0.348 e. The quantitative estimate of drug-likeness (QED) is 0.866. The molecule has 1 amide bonds. The van der Waals surface area contributed by atoms with Gasteiger partial charge >= 0.3 is 0 Å². The summed E-state index contributed by atoms with van der Waals surface area (Å²) in [5, 5.41) is 6.28. The van der Waals surface area contributed by atoms with E-state index in [-0.39, 0.29) is 41.5 Å².